The number of nitrogens with two attached hydrogens (primary N) is 1. The maximum absolute atomic E-state index is 13.7. The van der Waals surface area contributed by atoms with E-state index in [4.69, 9.17) is 5.84 Å². The molecule has 1 heterocycles. The van der Waals surface area contributed by atoms with Gasteiger partial charge >= 0.3 is 0 Å². The molecule has 102 valence electrons. The number of hydrogen-bond acceptors (Lipinski definition) is 5. The fraction of sp³-hybridized carbons (Fsp3) is 0. The van der Waals surface area contributed by atoms with Crippen molar-refractivity contribution in [2.75, 3.05) is 5.01 Å². The molecule has 0 saturated heterocycles. The quantitative estimate of drug-likeness (QED) is 0.397. The van der Waals surface area contributed by atoms with Gasteiger partial charge in [0.05, 0.1) is 16.8 Å². The first-order chi connectivity index (χ1) is 9.52. The number of aromatic nitrogens is 1. The molecule has 0 spiro atoms. The Morgan fingerprint density at radius 1 is 1.35 bits per heavy atom. The Hall–Kier alpha value is -2.87. The largest absolute Gasteiger partial charge is 0.285 e. The van der Waals surface area contributed by atoms with Crippen LogP contribution in [-0.2, 0) is 0 Å². The third-order valence-electron chi connectivity index (χ3n) is 2.55. The van der Waals surface area contributed by atoms with Crippen molar-refractivity contribution in [3.05, 3.63) is 64.2 Å². The van der Waals surface area contributed by atoms with Crippen LogP contribution in [-0.4, -0.2) is 15.8 Å². The molecule has 20 heavy (non-hydrogen) atoms. The van der Waals surface area contributed by atoms with Crippen LogP contribution in [0.5, 0.6) is 0 Å². The Bertz CT molecular complexity index is 663. The van der Waals surface area contributed by atoms with E-state index in [1.54, 1.807) is 0 Å². The van der Waals surface area contributed by atoms with Gasteiger partial charge in [0, 0.05) is 12.3 Å². The maximum Gasteiger partial charge on any atom is 0.285 e. The Morgan fingerprint density at radius 2 is 2.10 bits per heavy atom. The van der Waals surface area contributed by atoms with E-state index in [1.165, 1.54) is 24.5 Å². The number of nitro benzene ring substituents is 1. The van der Waals surface area contributed by atoms with Crippen LogP contribution in [0.2, 0.25) is 0 Å². The number of carbonyl (C=O) groups is 1. The number of carbonyl (C=O) groups excluding carboxylic acids is 1. The Morgan fingerprint density at radius 3 is 2.70 bits per heavy atom. The van der Waals surface area contributed by atoms with E-state index >= 15 is 0 Å². The molecule has 1 aromatic carbocycles. The lowest BCUT2D eigenvalue weighted by atomic mass is 10.1. The third-order valence-corrected chi connectivity index (χ3v) is 2.55. The Balaban J connectivity index is 2.47. The molecular weight excluding hydrogens is 267 g/mol. The Kier molecular flexibility index (Phi) is 3.67. The van der Waals surface area contributed by atoms with Crippen LogP contribution in [0.15, 0.2) is 42.7 Å². The highest BCUT2D eigenvalue weighted by Crippen LogP contribution is 2.23. The summed E-state index contributed by atoms with van der Waals surface area (Å²) in [4.78, 5) is 25.9. The molecule has 0 unspecified atom stereocenters. The van der Waals surface area contributed by atoms with Gasteiger partial charge in [-0.1, -0.05) is 6.07 Å². The number of amides is 1. The second kappa shape index (κ2) is 5.41. The van der Waals surface area contributed by atoms with Crippen molar-refractivity contribution in [1.82, 2.24) is 4.98 Å². The second-order valence-corrected chi connectivity index (χ2v) is 3.78. The summed E-state index contributed by atoms with van der Waals surface area (Å²) in [5.74, 6) is 3.53. The normalized spacial score (nSPS) is 10.1. The van der Waals surface area contributed by atoms with Gasteiger partial charge in [0.2, 0.25) is 0 Å². The number of halogens is 1. The van der Waals surface area contributed by atoms with Gasteiger partial charge in [-0.25, -0.2) is 15.2 Å². The fourth-order valence-corrected chi connectivity index (χ4v) is 1.61. The van der Waals surface area contributed by atoms with Crippen molar-refractivity contribution >= 4 is 17.3 Å². The minimum absolute atomic E-state index is 0.190. The zero-order valence-electron chi connectivity index (χ0n) is 10.1. The van der Waals surface area contributed by atoms with E-state index in [1.807, 2.05) is 0 Å². The van der Waals surface area contributed by atoms with E-state index in [2.05, 4.69) is 4.98 Å². The predicted molar refractivity (Wildman–Crippen MR) is 68.3 cm³/mol. The van der Waals surface area contributed by atoms with Gasteiger partial charge in [-0.2, -0.15) is 0 Å². The first-order valence-corrected chi connectivity index (χ1v) is 5.44. The van der Waals surface area contributed by atoms with Crippen molar-refractivity contribution in [3.8, 4) is 0 Å². The molecular formula is C12H9FN4O3. The van der Waals surface area contributed by atoms with Gasteiger partial charge in [0.1, 0.15) is 5.82 Å². The lowest BCUT2D eigenvalue weighted by molar-refractivity contribution is -0.385. The molecule has 7 nitrogen and oxygen atoms in total. The SMILES string of the molecule is NN(C(=O)c1c(F)cccc1[N+](=O)[O-])c1cccnc1. The minimum atomic E-state index is -1.03. The number of pyridine rings is 1. The summed E-state index contributed by atoms with van der Waals surface area (Å²) in [7, 11) is 0. The molecule has 0 bridgehead atoms. The molecule has 0 aliphatic heterocycles. The van der Waals surface area contributed by atoms with Gasteiger partial charge in [-0.3, -0.25) is 19.9 Å². The monoisotopic (exact) mass is 276 g/mol. The van der Waals surface area contributed by atoms with Crippen LogP contribution in [0.25, 0.3) is 0 Å². The average molecular weight is 276 g/mol. The van der Waals surface area contributed by atoms with Gasteiger partial charge in [-0.05, 0) is 18.2 Å². The molecule has 0 radical (unpaired) electrons. The third kappa shape index (κ3) is 2.45. The van der Waals surface area contributed by atoms with Crippen LogP contribution >= 0.6 is 0 Å². The number of benzene rings is 1. The number of hydrogen-bond donors (Lipinski definition) is 1. The molecule has 0 aliphatic rings. The summed E-state index contributed by atoms with van der Waals surface area (Å²) in [6, 6.07) is 6.13. The van der Waals surface area contributed by atoms with E-state index in [0.717, 1.165) is 18.2 Å². The van der Waals surface area contributed by atoms with Crippen LogP contribution in [0.3, 0.4) is 0 Å². The number of nitro groups is 1. The van der Waals surface area contributed by atoms with Crippen LogP contribution < -0.4 is 10.9 Å². The minimum Gasteiger partial charge on any atom is -0.267 e. The molecule has 1 amide bonds. The molecule has 0 saturated carbocycles. The molecule has 0 aliphatic carbocycles. The number of anilines is 1. The predicted octanol–water partition coefficient (Wildman–Crippen LogP) is 1.65. The highest BCUT2D eigenvalue weighted by Gasteiger charge is 2.28. The summed E-state index contributed by atoms with van der Waals surface area (Å²) in [6.07, 6.45) is 2.75. The maximum atomic E-state index is 13.7. The fourth-order valence-electron chi connectivity index (χ4n) is 1.61. The zero-order valence-corrected chi connectivity index (χ0v) is 10.1. The van der Waals surface area contributed by atoms with Crippen molar-refractivity contribution < 1.29 is 14.1 Å². The van der Waals surface area contributed by atoms with Gasteiger partial charge in [0.15, 0.2) is 5.56 Å². The highest BCUT2D eigenvalue weighted by atomic mass is 19.1. The first-order valence-electron chi connectivity index (χ1n) is 5.44. The lowest BCUT2D eigenvalue weighted by Gasteiger charge is -2.16. The van der Waals surface area contributed by atoms with Gasteiger partial charge in [0.25, 0.3) is 11.6 Å². The smallest absolute Gasteiger partial charge is 0.267 e. The summed E-state index contributed by atoms with van der Waals surface area (Å²) < 4.78 is 13.7. The topological polar surface area (TPSA) is 102 Å². The number of hydrazine groups is 1. The lowest BCUT2D eigenvalue weighted by Crippen LogP contribution is -2.38. The van der Waals surface area contributed by atoms with Crippen LogP contribution in [0, 0.1) is 15.9 Å². The molecule has 2 aromatic rings. The van der Waals surface area contributed by atoms with Crippen molar-refractivity contribution in [3.63, 3.8) is 0 Å². The van der Waals surface area contributed by atoms with Crippen molar-refractivity contribution in [1.29, 1.82) is 0 Å². The summed E-state index contributed by atoms with van der Waals surface area (Å²) in [5, 5.41) is 11.5. The van der Waals surface area contributed by atoms with Crippen LogP contribution in [0.1, 0.15) is 10.4 Å². The van der Waals surface area contributed by atoms with Crippen molar-refractivity contribution in [2.24, 2.45) is 5.84 Å². The van der Waals surface area contributed by atoms with E-state index in [9.17, 15) is 19.3 Å². The molecule has 0 atom stereocenters. The molecule has 0 fully saturated rings. The molecule has 2 rings (SSSR count). The molecule has 1 aromatic heterocycles. The molecule has 2 N–H and O–H groups in total. The van der Waals surface area contributed by atoms with Gasteiger partial charge < -0.3 is 0 Å². The van der Waals surface area contributed by atoms with E-state index in [-0.39, 0.29) is 5.69 Å². The average Bonchev–Trinajstić information content (AvgIpc) is 2.46. The van der Waals surface area contributed by atoms with Crippen molar-refractivity contribution in [2.45, 2.75) is 0 Å². The molecule has 8 heteroatoms. The summed E-state index contributed by atoms with van der Waals surface area (Å²) in [5.41, 5.74) is -1.15. The van der Waals surface area contributed by atoms with E-state index < -0.39 is 27.9 Å². The summed E-state index contributed by atoms with van der Waals surface area (Å²) >= 11 is 0. The Labute approximate surface area is 112 Å². The number of nitrogens with zero attached hydrogens (tertiary/aromatic N) is 3. The second-order valence-electron chi connectivity index (χ2n) is 3.78. The van der Waals surface area contributed by atoms with Crippen LogP contribution in [0.4, 0.5) is 15.8 Å². The highest BCUT2D eigenvalue weighted by molar-refractivity contribution is 6.08. The standard InChI is InChI=1S/C12H9FN4O3/c13-9-4-1-5-10(17(19)20)11(9)12(18)16(14)8-3-2-6-15-7-8/h1-7H,14H2. The van der Waals surface area contributed by atoms with Gasteiger partial charge in [-0.15, -0.1) is 0 Å². The number of rotatable bonds is 3. The van der Waals surface area contributed by atoms with E-state index in [0.29, 0.717) is 5.01 Å². The first kappa shape index (κ1) is 13.6. The summed E-state index contributed by atoms with van der Waals surface area (Å²) in [6.45, 7) is 0. The zero-order chi connectivity index (χ0) is 14.7.